The number of aromatic amines is 1. The van der Waals surface area contributed by atoms with Gasteiger partial charge in [-0.15, -0.1) is 0 Å². The lowest BCUT2D eigenvalue weighted by molar-refractivity contribution is 0.738. The maximum atomic E-state index is 11.4. The summed E-state index contributed by atoms with van der Waals surface area (Å²) in [5.74, 6) is 0. The van der Waals surface area contributed by atoms with E-state index in [2.05, 4.69) is 4.98 Å². The molecule has 5 heteroatoms. The summed E-state index contributed by atoms with van der Waals surface area (Å²) < 4.78 is 1.34. The van der Waals surface area contributed by atoms with Gasteiger partial charge in [0.1, 0.15) is 5.02 Å². The van der Waals surface area contributed by atoms with Crippen molar-refractivity contribution in [3.63, 3.8) is 0 Å². The molecule has 0 saturated heterocycles. The van der Waals surface area contributed by atoms with E-state index < -0.39 is 11.2 Å². The molecule has 0 aliphatic heterocycles. The largest absolute Gasteiger partial charge is 0.328 e. The van der Waals surface area contributed by atoms with E-state index in [1.165, 1.54) is 10.8 Å². The molecule has 0 bridgehead atoms. The van der Waals surface area contributed by atoms with Gasteiger partial charge in [-0.25, -0.2) is 4.79 Å². The van der Waals surface area contributed by atoms with E-state index >= 15 is 0 Å². The summed E-state index contributed by atoms with van der Waals surface area (Å²) >= 11 is 5.65. The van der Waals surface area contributed by atoms with Crippen molar-refractivity contribution in [2.24, 2.45) is 0 Å². The zero-order chi connectivity index (χ0) is 13.0. The van der Waals surface area contributed by atoms with Gasteiger partial charge in [-0.3, -0.25) is 14.3 Å². The van der Waals surface area contributed by atoms with Gasteiger partial charge in [0.15, 0.2) is 0 Å². The molecule has 1 N–H and O–H groups in total. The van der Waals surface area contributed by atoms with Crippen LogP contribution >= 0.6 is 11.6 Å². The molecule has 92 valence electrons. The lowest BCUT2D eigenvalue weighted by atomic mass is 10.2. The summed E-state index contributed by atoms with van der Waals surface area (Å²) in [5.41, 5.74) is 0.00754. The quantitative estimate of drug-likeness (QED) is 0.919. The van der Waals surface area contributed by atoms with Gasteiger partial charge >= 0.3 is 5.69 Å². The first-order valence-electron chi connectivity index (χ1n) is 5.37. The van der Waals surface area contributed by atoms with E-state index in [9.17, 15) is 9.59 Å². The molecule has 0 radical (unpaired) electrons. The number of hydrogen-bond donors (Lipinski definition) is 1. The van der Waals surface area contributed by atoms with Crippen LogP contribution in [0.4, 0.5) is 0 Å². The van der Waals surface area contributed by atoms with Gasteiger partial charge in [0, 0.05) is 12.7 Å². The van der Waals surface area contributed by atoms with Crippen LogP contribution in [0.2, 0.25) is 5.02 Å². The van der Waals surface area contributed by atoms with E-state index in [-0.39, 0.29) is 5.02 Å². The molecule has 4 nitrogen and oxygen atoms in total. The van der Waals surface area contributed by atoms with Crippen LogP contribution in [-0.2, 0) is 6.54 Å². The Labute approximate surface area is 108 Å². The van der Waals surface area contributed by atoms with Crippen molar-refractivity contribution < 1.29 is 0 Å². The van der Waals surface area contributed by atoms with Gasteiger partial charge < -0.3 is 0 Å². The minimum Gasteiger partial charge on any atom is -0.295 e. The van der Waals surface area contributed by atoms with Gasteiger partial charge in [0.25, 0.3) is 5.56 Å². The summed E-state index contributed by atoms with van der Waals surface area (Å²) in [6.07, 6.45) is 5.05. The van der Waals surface area contributed by atoms with E-state index in [4.69, 9.17) is 11.6 Å². The third-order valence-electron chi connectivity index (χ3n) is 2.38. The molecule has 1 aromatic carbocycles. The van der Waals surface area contributed by atoms with Crippen LogP contribution in [0.5, 0.6) is 0 Å². The minimum absolute atomic E-state index is 0.00251. The fourth-order valence-electron chi connectivity index (χ4n) is 1.48. The van der Waals surface area contributed by atoms with Crippen LogP contribution in [0.15, 0.2) is 52.2 Å². The predicted octanol–water partition coefficient (Wildman–Crippen LogP) is 1.90. The molecule has 0 unspecified atom stereocenters. The zero-order valence-corrected chi connectivity index (χ0v) is 10.2. The number of aromatic nitrogens is 2. The highest BCUT2D eigenvalue weighted by Gasteiger charge is 1.99. The Hall–Kier alpha value is -2.07. The molecule has 18 heavy (non-hydrogen) atoms. The number of allylic oxidation sites excluding steroid dienone is 1. The summed E-state index contributed by atoms with van der Waals surface area (Å²) in [5, 5.41) is 0.00251. The Morgan fingerprint density at radius 2 is 1.94 bits per heavy atom. The van der Waals surface area contributed by atoms with Gasteiger partial charge in [0.2, 0.25) is 0 Å². The van der Waals surface area contributed by atoms with Gasteiger partial charge in [-0.05, 0) is 5.56 Å². The van der Waals surface area contributed by atoms with Crippen LogP contribution in [0.25, 0.3) is 6.08 Å². The first-order chi connectivity index (χ1) is 8.66. The molecule has 0 fully saturated rings. The number of nitrogens with zero attached hydrogens (tertiary/aromatic N) is 1. The van der Waals surface area contributed by atoms with Gasteiger partial charge in [-0.1, -0.05) is 54.1 Å². The van der Waals surface area contributed by atoms with E-state index in [0.29, 0.717) is 6.54 Å². The van der Waals surface area contributed by atoms with Crippen molar-refractivity contribution >= 4 is 17.7 Å². The molecule has 2 aromatic rings. The monoisotopic (exact) mass is 262 g/mol. The minimum atomic E-state index is -0.565. The first kappa shape index (κ1) is 12.4. The highest BCUT2D eigenvalue weighted by atomic mass is 35.5. The highest BCUT2D eigenvalue weighted by Crippen LogP contribution is 2.01. The topological polar surface area (TPSA) is 54.9 Å². The Balaban J connectivity index is 2.16. The van der Waals surface area contributed by atoms with E-state index in [1.807, 2.05) is 42.5 Å². The normalized spacial score (nSPS) is 10.9. The smallest absolute Gasteiger partial charge is 0.295 e. The molecule has 0 aliphatic carbocycles. The van der Waals surface area contributed by atoms with Crippen molar-refractivity contribution in [2.45, 2.75) is 6.54 Å². The van der Waals surface area contributed by atoms with E-state index in [1.54, 1.807) is 0 Å². The predicted molar refractivity (Wildman–Crippen MR) is 71.8 cm³/mol. The second-order valence-corrected chi connectivity index (χ2v) is 4.11. The number of rotatable bonds is 3. The number of halogens is 1. The number of H-pyrrole nitrogens is 1. The summed E-state index contributed by atoms with van der Waals surface area (Å²) in [6, 6.07) is 9.72. The Bertz CT molecular complexity index is 671. The Morgan fingerprint density at radius 1 is 1.22 bits per heavy atom. The van der Waals surface area contributed by atoms with Crippen molar-refractivity contribution in [3.05, 3.63) is 74.0 Å². The molecule has 0 atom stereocenters. The average Bonchev–Trinajstić information content (AvgIpc) is 2.37. The first-order valence-corrected chi connectivity index (χ1v) is 5.75. The summed E-state index contributed by atoms with van der Waals surface area (Å²) in [6.45, 7) is 0.351. The van der Waals surface area contributed by atoms with E-state index in [0.717, 1.165) is 5.56 Å². The lowest BCUT2D eigenvalue weighted by Gasteiger charge is -2.00. The molecular formula is C13H11ClN2O2. The van der Waals surface area contributed by atoms with Crippen LogP contribution in [0.1, 0.15) is 5.56 Å². The maximum Gasteiger partial charge on any atom is 0.328 e. The molecular weight excluding hydrogens is 252 g/mol. The molecule has 1 aromatic heterocycles. The fourth-order valence-corrected chi connectivity index (χ4v) is 1.65. The van der Waals surface area contributed by atoms with Gasteiger partial charge in [0.05, 0.1) is 0 Å². The number of nitrogens with one attached hydrogen (secondary N) is 1. The van der Waals surface area contributed by atoms with Crippen molar-refractivity contribution in [1.29, 1.82) is 0 Å². The van der Waals surface area contributed by atoms with Crippen molar-refractivity contribution in [1.82, 2.24) is 9.55 Å². The van der Waals surface area contributed by atoms with Crippen molar-refractivity contribution in [3.8, 4) is 0 Å². The highest BCUT2D eigenvalue weighted by molar-refractivity contribution is 6.30. The fraction of sp³-hybridized carbons (Fsp3) is 0.0769. The number of hydrogen-bond acceptors (Lipinski definition) is 2. The molecule has 0 amide bonds. The standard InChI is InChI=1S/C13H11ClN2O2/c14-11-9-16(13(18)15-12(11)17)8-4-7-10-5-2-1-3-6-10/h1-7,9H,8H2,(H,15,17,18)/b7-4+. The Morgan fingerprint density at radius 3 is 2.67 bits per heavy atom. The second kappa shape index (κ2) is 5.51. The lowest BCUT2D eigenvalue weighted by Crippen LogP contribution is -2.29. The summed E-state index contributed by atoms with van der Waals surface area (Å²) in [7, 11) is 0. The zero-order valence-electron chi connectivity index (χ0n) is 9.47. The van der Waals surface area contributed by atoms with Crippen molar-refractivity contribution in [2.75, 3.05) is 0 Å². The van der Waals surface area contributed by atoms with Crippen LogP contribution in [0, 0.1) is 0 Å². The molecule has 0 spiro atoms. The molecule has 0 aliphatic rings. The third kappa shape index (κ3) is 2.99. The molecule has 0 saturated carbocycles. The molecule has 1 heterocycles. The van der Waals surface area contributed by atoms with Crippen LogP contribution in [-0.4, -0.2) is 9.55 Å². The van der Waals surface area contributed by atoms with Gasteiger partial charge in [-0.2, -0.15) is 0 Å². The SMILES string of the molecule is O=c1[nH]c(=O)n(C/C=C/c2ccccc2)cc1Cl. The van der Waals surface area contributed by atoms with Crippen LogP contribution < -0.4 is 11.2 Å². The Kier molecular flexibility index (Phi) is 3.79. The summed E-state index contributed by atoms with van der Waals surface area (Å²) in [4.78, 5) is 24.7. The number of benzene rings is 1. The molecule has 2 rings (SSSR count). The van der Waals surface area contributed by atoms with Crippen LogP contribution in [0.3, 0.4) is 0 Å². The second-order valence-electron chi connectivity index (χ2n) is 3.70. The maximum absolute atomic E-state index is 11.4. The average molecular weight is 263 g/mol. The third-order valence-corrected chi connectivity index (χ3v) is 2.65.